The minimum absolute atomic E-state index is 0.00466. The first-order valence-electron chi connectivity index (χ1n) is 11.3. The summed E-state index contributed by atoms with van der Waals surface area (Å²) in [6.07, 6.45) is 1.28. The quantitative estimate of drug-likeness (QED) is 0.382. The molecule has 1 amide bonds. The molecule has 0 spiro atoms. The maximum Gasteiger partial charge on any atom is 0.332 e. The second-order valence-corrected chi connectivity index (χ2v) is 9.45. The Kier molecular flexibility index (Phi) is 8.07. The molecule has 0 radical (unpaired) electrons. The normalized spacial score (nSPS) is 12.3. The lowest BCUT2D eigenvalue weighted by Gasteiger charge is -2.18. The van der Waals surface area contributed by atoms with Crippen molar-refractivity contribution in [3.05, 3.63) is 62.6 Å². The number of benzene rings is 1. The van der Waals surface area contributed by atoms with Gasteiger partial charge in [0.1, 0.15) is 16.2 Å². The number of hydrogen-bond donors (Lipinski definition) is 1. The second kappa shape index (κ2) is 10.8. The molecule has 2 aromatic heterocycles. The van der Waals surface area contributed by atoms with Crippen LogP contribution in [-0.2, 0) is 24.9 Å². The standard InChI is InChI=1S/C24H31N5O3S/c1-6-13-29-20-18(23(31)28(5)24(29)32)22(27-19(26-20)15(3)4)33-17(7-2)21(30)25-14-16-11-9-8-10-12-16/h8-12,15,17H,6-7,13-14H2,1-5H3,(H,25,30). The summed E-state index contributed by atoms with van der Waals surface area (Å²) >= 11 is 1.26. The number of thioether (sulfide) groups is 1. The van der Waals surface area contributed by atoms with E-state index in [4.69, 9.17) is 0 Å². The second-order valence-electron chi connectivity index (χ2n) is 8.26. The first-order chi connectivity index (χ1) is 15.8. The Hall–Kier alpha value is -2.94. The van der Waals surface area contributed by atoms with Gasteiger partial charge in [0, 0.05) is 26.1 Å². The number of nitrogens with one attached hydrogen (secondary N) is 1. The summed E-state index contributed by atoms with van der Waals surface area (Å²) in [4.78, 5) is 48.1. The molecule has 0 fully saturated rings. The zero-order chi connectivity index (χ0) is 24.1. The molecule has 1 unspecified atom stereocenters. The Balaban J connectivity index is 2.05. The molecule has 176 valence electrons. The van der Waals surface area contributed by atoms with Gasteiger partial charge in [0.05, 0.1) is 5.25 Å². The maximum absolute atomic E-state index is 13.1. The van der Waals surface area contributed by atoms with Gasteiger partial charge in [-0.1, -0.05) is 69.8 Å². The lowest BCUT2D eigenvalue weighted by molar-refractivity contribution is -0.120. The minimum atomic E-state index is -0.445. The van der Waals surface area contributed by atoms with Crippen molar-refractivity contribution in [2.24, 2.45) is 7.05 Å². The fourth-order valence-electron chi connectivity index (χ4n) is 3.48. The number of fused-ring (bicyclic) bond motifs is 1. The molecule has 1 aromatic carbocycles. The molecular formula is C24H31N5O3S. The van der Waals surface area contributed by atoms with Gasteiger partial charge in [-0.05, 0) is 18.4 Å². The van der Waals surface area contributed by atoms with E-state index in [1.807, 2.05) is 58.0 Å². The smallest absolute Gasteiger partial charge is 0.332 e. The molecule has 3 aromatic rings. The van der Waals surface area contributed by atoms with Crippen molar-refractivity contribution in [1.82, 2.24) is 24.4 Å². The molecule has 3 rings (SSSR count). The van der Waals surface area contributed by atoms with Crippen LogP contribution in [0.3, 0.4) is 0 Å². The number of amides is 1. The van der Waals surface area contributed by atoms with Gasteiger partial charge in [-0.15, -0.1) is 0 Å². The van der Waals surface area contributed by atoms with Crippen LogP contribution >= 0.6 is 11.8 Å². The summed E-state index contributed by atoms with van der Waals surface area (Å²) in [5.41, 5.74) is 0.509. The van der Waals surface area contributed by atoms with Gasteiger partial charge in [-0.3, -0.25) is 18.7 Å². The van der Waals surface area contributed by atoms with Crippen molar-refractivity contribution in [2.45, 2.75) is 69.8 Å². The topological polar surface area (TPSA) is 98.9 Å². The monoisotopic (exact) mass is 469 g/mol. The first kappa shape index (κ1) is 24.7. The van der Waals surface area contributed by atoms with E-state index >= 15 is 0 Å². The number of aryl methyl sites for hydroxylation is 1. The minimum Gasteiger partial charge on any atom is -0.351 e. The van der Waals surface area contributed by atoms with Crippen molar-refractivity contribution in [3.8, 4) is 0 Å². The largest absolute Gasteiger partial charge is 0.351 e. The van der Waals surface area contributed by atoms with Gasteiger partial charge in [0.15, 0.2) is 5.65 Å². The first-order valence-corrected chi connectivity index (χ1v) is 12.2. The van der Waals surface area contributed by atoms with E-state index in [9.17, 15) is 14.4 Å². The molecule has 0 aliphatic carbocycles. The van der Waals surface area contributed by atoms with Crippen molar-refractivity contribution in [1.29, 1.82) is 0 Å². The van der Waals surface area contributed by atoms with Crippen LogP contribution in [-0.4, -0.2) is 30.3 Å². The Morgan fingerprint density at radius 1 is 1.12 bits per heavy atom. The zero-order valence-electron chi connectivity index (χ0n) is 19.8. The Bertz CT molecular complexity index is 1250. The number of aromatic nitrogens is 4. The van der Waals surface area contributed by atoms with Crippen molar-refractivity contribution < 1.29 is 4.79 Å². The number of hydrogen-bond acceptors (Lipinski definition) is 6. The van der Waals surface area contributed by atoms with E-state index in [0.29, 0.717) is 36.0 Å². The fourth-order valence-corrected chi connectivity index (χ4v) is 4.55. The highest BCUT2D eigenvalue weighted by Crippen LogP contribution is 2.29. The predicted molar refractivity (Wildman–Crippen MR) is 132 cm³/mol. The Labute approximate surface area is 197 Å². The van der Waals surface area contributed by atoms with Crippen LogP contribution in [0.25, 0.3) is 11.0 Å². The van der Waals surface area contributed by atoms with Crippen LogP contribution in [0.2, 0.25) is 0 Å². The summed E-state index contributed by atoms with van der Waals surface area (Å²) in [6.45, 7) is 8.68. The number of carbonyl (C=O) groups is 1. The molecule has 0 saturated carbocycles. The van der Waals surface area contributed by atoms with Crippen LogP contribution in [0.5, 0.6) is 0 Å². The maximum atomic E-state index is 13.1. The molecular weight excluding hydrogens is 438 g/mol. The highest BCUT2D eigenvalue weighted by atomic mass is 32.2. The lowest BCUT2D eigenvalue weighted by atomic mass is 10.2. The van der Waals surface area contributed by atoms with Crippen molar-refractivity contribution in [2.75, 3.05) is 0 Å². The van der Waals surface area contributed by atoms with E-state index in [0.717, 1.165) is 16.6 Å². The van der Waals surface area contributed by atoms with Gasteiger partial charge in [0.2, 0.25) is 5.91 Å². The number of nitrogens with zero attached hydrogens (tertiary/aromatic N) is 4. The Morgan fingerprint density at radius 3 is 2.42 bits per heavy atom. The molecule has 2 heterocycles. The van der Waals surface area contributed by atoms with Gasteiger partial charge in [-0.25, -0.2) is 14.8 Å². The van der Waals surface area contributed by atoms with Gasteiger partial charge < -0.3 is 5.32 Å². The summed E-state index contributed by atoms with van der Waals surface area (Å²) < 4.78 is 2.63. The summed E-state index contributed by atoms with van der Waals surface area (Å²) in [7, 11) is 1.46. The molecule has 8 nitrogen and oxygen atoms in total. The molecule has 33 heavy (non-hydrogen) atoms. The third-order valence-corrected chi connectivity index (χ3v) is 6.71. The molecule has 9 heteroatoms. The van der Waals surface area contributed by atoms with E-state index in [-0.39, 0.29) is 17.2 Å². The third kappa shape index (κ3) is 5.35. The molecule has 1 N–H and O–H groups in total. The van der Waals surface area contributed by atoms with Gasteiger partial charge >= 0.3 is 5.69 Å². The van der Waals surface area contributed by atoms with Crippen molar-refractivity contribution in [3.63, 3.8) is 0 Å². The van der Waals surface area contributed by atoms with E-state index in [2.05, 4.69) is 15.3 Å². The number of rotatable bonds is 9. The molecule has 1 atom stereocenters. The van der Waals surface area contributed by atoms with Crippen LogP contribution in [0, 0.1) is 0 Å². The highest BCUT2D eigenvalue weighted by molar-refractivity contribution is 8.00. The summed E-state index contributed by atoms with van der Waals surface area (Å²) in [6, 6.07) is 9.70. The lowest BCUT2D eigenvalue weighted by Crippen LogP contribution is -2.39. The average molecular weight is 470 g/mol. The number of carbonyl (C=O) groups excluding carboxylic acids is 1. The molecule has 0 aliphatic heterocycles. The van der Waals surface area contributed by atoms with Gasteiger partial charge in [0.25, 0.3) is 5.56 Å². The van der Waals surface area contributed by atoms with Crippen LogP contribution in [0.15, 0.2) is 44.9 Å². The molecule has 0 saturated heterocycles. The van der Waals surface area contributed by atoms with Crippen LogP contribution < -0.4 is 16.6 Å². The SMILES string of the molecule is CCCn1c(=O)n(C)c(=O)c2c(SC(CC)C(=O)NCc3ccccc3)nc(C(C)C)nc21. The summed E-state index contributed by atoms with van der Waals surface area (Å²) in [5, 5.41) is 3.27. The molecule has 0 aliphatic rings. The average Bonchev–Trinajstić information content (AvgIpc) is 2.82. The van der Waals surface area contributed by atoms with Gasteiger partial charge in [-0.2, -0.15) is 0 Å². The zero-order valence-corrected chi connectivity index (χ0v) is 20.6. The van der Waals surface area contributed by atoms with E-state index in [1.54, 1.807) is 0 Å². The summed E-state index contributed by atoms with van der Waals surface area (Å²) in [5.74, 6) is 0.417. The molecule has 0 bridgehead atoms. The van der Waals surface area contributed by atoms with Crippen molar-refractivity contribution >= 4 is 28.7 Å². The van der Waals surface area contributed by atoms with E-state index < -0.39 is 16.5 Å². The van der Waals surface area contributed by atoms with Crippen LogP contribution in [0.4, 0.5) is 0 Å². The van der Waals surface area contributed by atoms with E-state index in [1.165, 1.54) is 23.4 Å². The Morgan fingerprint density at radius 2 is 1.82 bits per heavy atom. The highest BCUT2D eigenvalue weighted by Gasteiger charge is 2.24. The predicted octanol–water partition coefficient (Wildman–Crippen LogP) is 3.21. The fraction of sp³-hybridized carbons (Fsp3) is 0.458. The third-order valence-electron chi connectivity index (χ3n) is 5.36. The van der Waals surface area contributed by atoms with Crippen LogP contribution in [0.1, 0.15) is 57.8 Å².